The van der Waals surface area contributed by atoms with Crippen LogP contribution in [-0.2, 0) is 0 Å². The van der Waals surface area contributed by atoms with Gasteiger partial charge in [0.25, 0.3) is 5.91 Å². The Bertz CT molecular complexity index is 336. The van der Waals surface area contributed by atoms with Crippen LogP contribution >= 0.6 is 0 Å². The van der Waals surface area contributed by atoms with Crippen molar-refractivity contribution >= 4 is 11.6 Å². The summed E-state index contributed by atoms with van der Waals surface area (Å²) in [5.74, 6) is 2.12. The number of nitrogen functional groups attached to an aromatic ring is 1. The molecule has 68 valence electrons. The number of H-pyrrole nitrogens is 1. The first-order valence-corrected chi connectivity index (χ1v) is 3.76. The molecule has 0 bridgehead atoms. The van der Waals surface area contributed by atoms with E-state index in [9.17, 15) is 4.79 Å². The summed E-state index contributed by atoms with van der Waals surface area (Å²) < 4.78 is 0. The Morgan fingerprint density at radius 2 is 2.62 bits per heavy atom. The van der Waals surface area contributed by atoms with E-state index < -0.39 is 0 Å². The van der Waals surface area contributed by atoms with Gasteiger partial charge in [-0.05, 0) is 0 Å². The van der Waals surface area contributed by atoms with Crippen LogP contribution in [0.25, 0.3) is 0 Å². The standard InChI is InChI=1S/C8H10N4O/c1-2-3-4-10-8(13)7-6(9)5-11-12-7/h1,5H,3-4,9H2,(H,10,13)(H,11,12). The van der Waals surface area contributed by atoms with Crippen LogP contribution in [0, 0.1) is 12.3 Å². The molecule has 0 saturated carbocycles. The number of anilines is 1. The molecule has 0 aliphatic rings. The maximum atomic E-state index is 11.3. The predicted molar refractivity (Wildman–Crippen MR) is 48.8 cm³/mol. The Hall–Kier alpha value is -1.96. The summed E-state index contributed by atoms with van der Waals surface area (Å²) in [4.78, 5) is 11.3. The van der Waals surface area contributed by atoms with Gasteiger partial charge in [-0.1, -0.05) is 0 Å². The van der Waals surface area contributed by atoms with Crippen molar-refractivity contribution in [3.63, 3.8) is 0 Å². The predicted octanol–water partition coefficient (Wildman–Crippen LogP) is -0.255. The van der Waals surface area contributed by atoms with Gasteiger partial charge in [0.1, 0.15) is 5.69 Å². The van der Waals surface area contributed by atoms with Crippen LogP contribution in [0.5, 0.6) is 0 Å². The number of nitrogens with one attached hydrogen (secondary N) is 2. The number of terminal acetylenes is 1. The molecule has 0 saturated heterocycles. The van der Waals surface area contributed by atoms with E-state index in [4.69, 9.17) is 12.2 Å². The lowest BCUT2D eigenvalue weighted by molar-refractivity contribution is 0.0950. The summed E-state index contributed by atoms with van der Waals surface area (Å²) in [7, 11) is 0. The number of aromatic nitrogens is 2. The highest BCUT2D eigenvalue weighted by atomic mass is 16.1. The lowest BCUT2D eigenvalue weighted by atomic mass is 10.3. The van der Waals surface area contributed by atoms with Crippen molar-refractivity contribution in [2.24, 2.45) is 0 Å². The zero-order valence-corrected chi connectivity index (χ0v) is 7.00. The topological polar surface area (TPSA) is 83.8 Å². The Labute approximate surface area is 75.7 Å². The highest BCUT2D eigenvalue weighted by Crippen LogP contribution is 2.04. The third-order valence-electron chi connectivity index (χ3n) is 1.45. The quantitative estimate of drug-likeness (QED) is 0.440. The second-order valence-corrected chi connectivity index (χ2v) is 2.41. The monoisotopic (exact) mass is 178 g/mol. The Morgan fingerprint density at radius 1 is 1.85 bits per heavy atom. The Kier molecular flexibility index (Phi) is 2.92. The van der Waals surface area contributed by atoms with Crippen molar-refractivity contribution in [1.29, 1.82) is 0 Å². The smallest absolute Gasteiger partial charge is 0.271 e. The van der Waals surface area contributed by atoms with Crippen LogP contribution in [-0.4, -0.2) is 22.6 Å². The maximum absolute atomic E-state index is 11.3. The molecule has 4 N–H and O–H groups in total. The number of aromatic amines is 1. The average molecular weight is 178 g/mol. The number of carbonyl (C=O) groups is 1. The Balaban J connectivity index is 2.50. The van der Waals surface area contributed by atoms with Gasteiger partial charge in [0.05, 0.1) is 11.9 Å². The molecule has 1 aromatic rings. The molecule has 0 fully saturated rings. The molecule has 0 atom stereocenters. The highest BCUT2D eigenvalue weighted by molar-refractivity contribution is 5.96. The Morgan fingerprint density at radius 3 is 3.15 bits per heavy atom. The molecule has 1 rings (SSSR count). The molecule has 1 heterocycles. The lowest BCUT2D eigenvalue weighted by Crippen LogP contribution is -2.25. The zero-order valence-electron chi connectivity index (χ0n) is 7.00. The summed E-state index contributed by atoms with van der Waals surface area (Å²) in [6.45, 7) is 0.438. The third-order valence-corrected chi connectivity index (χ3v) is 1.45. The van der Waals surface area contributed by atoms with E-state index in [1.54, 1.807) is 0 Å². The van der Waals surface area contributed by atoms with Crippen molar-refractivity contribution in [1.82, 2.24) is 15.5 Å². The minimum Gasteiger partial charge on any atom is -0.396 e. The van der Waals surface area contributed by atoms with Crippen LogP contribution in [0.3, 0.4) is 0 Å². The second kappa shape index (κ2) is 4.16. The van der Waals surface area contributed by atoms with Gasteiger partial charge in [0.2, 0.25) is 0 Å². The summed E-state index contributed by atoms with van der Waals surface area (Å²) in [5.41, 5.74) is 6.06. The van der Waals surface area contributed by atoms with E-state index >= 15 is 0 Å². The lowest BCUT2D eigenvalue weighted by Gasteiger charge is -2.00. The van der Waals surface area contributed by atoms with Crippen LogP contribution in [0.15, 0.2) is 6.20 Å². The number of hydrogen-bond donors (Lipinski definition) is 3. The number of amides is 1. The van der Waals surface area contributed by atoms with Crippen molar-refractivity contribution in [2.75, 3.05) is 12.3 Å². The summed E-state index contributed by atoms with van der Waals surface area (Å²) in [6, 6.07) is 0. The molecule has 0 radical (unpaired) electrons. The minimum absolute atomic E-state index is 0.275. The third kappa shape index (κ3) is 2.24. The molecule has 1 amide bonds. The fourth-order valence-corrected chi connectivity index (χ4v) is 0.814. The van der Waals surface area contributed by atoms with Crippen molar-refractivity contribution < 1.29 is 4.79 Å². The molecule has 0 aliphatic heterocycles. The first-order chi connectivity index (χ1) is 6.25. The van der Waals surface area contributed by atoms with Gasteiger partial charge in [-0.15, -0.1) is 12.3 Å². The van der Waals surface area contributed by atoms with Gasteiger partial charge >= 0.3 is 0 Å². The SMILES string of the molecule is C#CCCNC(=O)c1[nH]ncc1N. The fraction of sp³-hybridized carbons (Fsp3) is 0.250. The van der Waals surface area contributed by atoms with E-state index in [0.29, 0.717) is 18.7 Å². The molecule has 0 spiro atoms. The molecule has 1 aromatic heterocycles. The molecule has 5 nitrogen and oxygen atoms in total. The summed E-state index contributed by atoms with van der Waals surface area (Å²) in [6.07, 6.45) is 6.90. The number of hydrogen-bond acceptors (Lipinski definition) is 3. The summed E-state index contributed by atoms with van der Waals surface area (Å²) in [5, 5.41) is 8.71. The molecule has 13 heavy (non-hydrogen) atoms. The normalized spacial score (nSPS) is 9.15. The van der Waals surface area contributed by atoms with E-state index in [-0.39, 0.29) is 11.6 Å². The van der Waals surface area contributed by atoms with Gasteiger partial charge in [-0.2, -0.15) is 5.10 Å². The number of rotatable bonds is 3. The second-order valence-electron chi connectivity index (χ2n) is 2.41. The average Bonchev–Trinajstić information content (AvgIpc) is 2.52. The van der Waals surface area contributed by atoms with E-state index in [1.165, 1.54) is 6.20 Å². The molecule has 0 unspecified atom stereocenters. The molecular formula is C8H10N4O. The zero-order chi connectivity index (χ0) is 9.68. The number of carbonyl (C=O) groups excluding carboxylic acids is 1. The fourth-order valence-electron chi connectivity index (χ4n) is 0.814. The van der Waals surface area contributed by atoms with Gasteiger partial charge in [-0.3, -0.25) is 9.89 Å². The van der Waals surface area contributed by atoms with Crippen molar-refractivity contribution in [3.8, 4) is 12.3 Å². The first-order valence-electron chi connectivity index (χ1n) is 3.76. The highest BCUT2D eigenvalue weighted by Gasteiger charge is 2.09. The van der Waals surface area contributed by atoms with E-state index in [2.05, 4.69) is 21.4 Å². The number of nitrogens with two attached hydrogens (primary N) is 1. The number of nitrogens with zero attached hydrogens (tertiary/aromatic N) is 1. The van der Waals surface area contributed by atoms with Crippen molar-refractivity contribution in [2.45, 2.75) is 6.42 Å². The van der Waals surface area contributed by atoms with E-state index in [0.717, 1.165) is 0 Å². The molecule has 5 heteroatoms. The summed E-state index contributed by atoms with van der Waals surface area (Å²) >= 11 is 0. The van der Waals surface area contributed by atoms with Gasteiger partial charge < -0.3 is 11.1 Å². The largest absolute Gasteiger partial charge is 0.396 e. The van der Waals surface area contributed by atoms with Gasteiger partial charge in [-0.25, -0.2) is 0 Å². The van der Waals surface area contributed by atoms with E-state index in [1.807, 2.05) is 0 Å². The maximum Gasteiger partial charge on any atom is 0.271 e. The van der Waals surface area contributed by atoms with Gasteiger partial charge in [0.15, 0.2) is 0 Å². The van der Waals surface area contributed by atoms with Crippen LogP contribution in [0.4, 0.5) is 5.69 Å². The first kappa shape index (κ1) is 9.13. The van der Waals surface area contributed by atoms with Crippen LogP contribution < -0.4 is 11.1 Å². The van der Waals surface area contributed by atoms with Crippen LogP contribution in [0.2, 0.25) is 0 Å². The molecule has 0 aliphatic carbocycles. The van der Waals surface area contributed by atoms with Gasteiger partial charge in [0, 0.05) is 13.0 Å². The molecule has 0 aromatic carbocycles. The van der Waals surface area contributed by atoms with Crippen molar-refractivity contribution in [3.05, 3.63) is 11.9 Å². The van der Waals surface area contributed by atoms with Crippen LogP contribution in [0.1, 0.15) is 16.9 Å². The molecular weight excluding hydrogens is 168 g/mol. The minimum atomic E-state index is -0.287.